The van der Waals surface area contributed by atoms with E-state index in [9.17, 15) is 18.0 Å². The Bertz CT molecular complexity index is 521. The number of hydrogen-bond donors (Lipinski definition) is 2. The van der Waals surface area contributed by atoms with E-state index in [1.807, 2.05) is 0 Å². The van der Waals surface area contributed by atoms with Crippen molar-refractivity contribution in [1.29, 1.82) is 0 Å². The second kappa shape index (κ2) is 11.7. The quantitative estimate of drug-likeness (QED) is 0.527. The molecule has 156 valence electrons. The molecule has 0 aromatic carbocycles. The third-order valence-corrected chi connectivity index (χ3v) is 7.63. The molecule has 0 saturated heterocycles. The Hall–Kier alpha value is -1.11. The Balaban J connectivity index is 1.49. The summed E-state index contributed by atoms with van der Waals surface area (Å²) in [6.07, 6.45) is 12.7. The van der Waals surface area contributed by atoms with Crippen molar-refractivity contribution >= 4 is 21.7 Å². The maximum absolute atomic E-state index is 12.0. The van der Waals surface area contributed by atoms with E-state index in [1.54, 1.807) is 0 Å². The minimum absolute atomic E-state index is 0.0580. The molecule has 2 aliphatic carbocycles. The second-order valence-corrected chi connectivity index (χ2v) is 10.5. The van der Waals surface area contributed by atoms with Crippen LogP contribution in [0.5, 0.6) is 0 Å². The van der Waals surface area contributed by atoms with Gasteiger partial charge in [-0.25, -0.2) is 8.42 Å². The number of carbonyl (C=O) groups excluding carboxylic acids is 2. The standard InChI is InChI=1S/C20H36N2O4S/c23-19(11-9-17-5-1-2-6-17)21-13-15-27(25,26)16-14-22-20(24)12-10-18-7-3-4-8-18/h17-18H,1-16H2,(H,21,23)(H,22,24). The van der Waals surface area contributed by atoms with Crippen LogP contribution in [-0.2, 0) is 19.4 Å². The van der Waals surface area contributed by atoms with E-state index in [-0.39, 0.29) is 36.4 Å². The zero-order valence-corrected chi connectivity index (χ0v) is 17.3. The molecule has 2 aliphatic rings. The van der Waals surface area contributed by atoms with E-state index in [0.29, 0.717) is 24.7 Å². The highest BCUT2D eigenvalue weighted by atomic mass is 32.2. The number of nitrogens with one attached hydrogen (secondary N) is 2. The third-order valence-electron chi connectivity index (χ3n) is 5.98. The van der Waals surface area contributed by atoms with Crippen molar-refractivity contribution < 1.29 is 18.0 Å². The molecule has 2 N–H and O–H groups in total. The van der Waals surface area contributed by atoms with E-state index in [1.165, 1.54) is 51.4 Å². The van der Waals surface area contributed by atoms with Crippen molar-refractivity contribution in [2.45, 2.75) is 77.0 Å². The summed E-state index contributed by atoms with van der Waals surface area (Å²) in [4.78, 5) is 23.6. The Morgan fingerprint density at radius 2 is 1.07 bits per heavy atom. The van der Waals surface area contributed by atoms with Gasteiger partial charge in [0.05, 0.1) is 11.5 Å². The Morgan fingerprint density at radius 1 is 0.704 bits per heavy atom. The van der Waals surface area contributed by atoms with Crippen LogP contribution in [0.15, 0.2) is 0 Å². The summed E-state index contributed by atoms with van der Waals surface area (Å²) in [5, 5.41) is 5.42. The lowest BCUT2D eigenvalue weighted by molar-refractivity contribution is -0.122. The minimum atomic E-state index is -3.26. The largest absolute Gasteiger partial charge is 0.355 e. The van der Waals surface area contributed by atoms with Gasteiger partial charge in [-0.2, -0.15) is 0 Å². The molecule has 2 saturated carbocycles. The molecule has 2 amide bonds. The molecule has 7 heteroatoms. The topological polar surface area (TPSA) is 92.3 Å². The molecule has 27 heavy (non-hydrogen) atoms. The average molecular weight is 401 g/mol. The van der Waals surface area contributed by atoms with E-state index in [0.717, 1.165) is 12.8 Å². The van der Waals surface area contributed by atoms with E-state index >= 15 is 0 Å². The Labute approximate surface area is 164 Å². The number of carbonyl (C=O) groups is 2. The highest BCUT2D eigenvalue weighted by Gasteiger charge is 2.18. The molecule has 0 atom stereocenters. The normalized spacial score (nSPS) is 18.7. The summed E-state index contributed by atoms with van der Waals surface area (Å²) in [5.41, 5.74) is 0. The van der Waals surface area contributed by atoms with Crippen LogP contribution in [0.4, 0.5) is 0 Å². The summed E-state index contributed by atoms with van der Waals surface area (Å²) < 4.78 is 24.0. The first-order valence-corrected chi connectivity index (χ1v) is 12.5. The van der Waals surface area contributed by atoms with Crippen LogP contribution >= 0.6 is 0 Å². The molecular weight excluding hydrogens is 364 g/mol. The van der Waals surface area contributed by atoms with Gasteiger partial charge in [0.15, 0.2) is 9.84 Å². The molecule has 0 unspecified atom stereocenters. The van der Waals surface area contributed by atoms with Crippen molar-refractivity contribution in [3.63, 3.8) is 0 Å². The van der Waals surface area contributed by atoms with Crippen LogP contribution in [0, 0.1) is 11.8 Å². The van der Waals surface area contributed by atoms with Gasteiger partial charge in [-0.15, -0.1) is 0 Å². The molecule has 6 nitrogen and oxygen atoms in total. The fraction of sp³-hybridized carbons (Fsp3) is 0.900. The van der Waals surface area contributed by atoms with Crippen LogP contribution in [0.2, 0.25) is 0 Å². The van der Waals surface area contributed by atoms with Gasteiger partial charge in [0.1, 0.15) is 0 Å². The predicted octanol–water partition coefficient (Wildman–Crippen LogP) is 2.57. The first-order chi connectivity index (χ1) is 12.9. The van der Waals surface area contributed by atoms with Crippen molar-refractivity contribution in [2.75, 3.05) is 24.6 Å². The summed E-state index contributed by atoms with van der Waals surface area (Å²) in [5.74, 6) is 1.07. The van der Waals surface area contributed by atoms with Gasteiger partial charge in [0, 0.05) is 25.9 Å². The lowest BCUT2D eigenvalue weighted by atomic mass is 10.0. The first-order valence-electron chi connectivity index (χ1n) is 10.7. The van der Waals surface area contributed by atoms with Crippen LogP contribution in [-0.4, -0.2) is 44.8 Å². The molecule has 0 bridgehead atoms. The highest BCUT2D eigenvalue weighted by molar-refractivity contribution is 7.91. The van der Waals surface area contributed by atoms with Crippen molar-refractivity contribution in [1.82, 2.24) is 10.6 Å². The second-order valence-electron chi connectivity index (χ2n) is 8.23. The van der Waals surface area contributed by atoms with Crippen LogP contribution < -0.4 is 10.6 Å². The molecule has 0 heterocycles. The molecule has 0 aliphatic heterocycles. The summed E-state index contributed by atoms with van der Waals surface area (Å²) in [6, 6.07) is 0. The number of hydrogen-bond acceptors (Lipinski definition) is 4. The van der Waals surface area contributed by atoms with Crippen LogP contribution in [0.25, 0.3) is 0 Å². The van der Waals surface area contributed by atoms with Crippen molar-refractivity contribution in [2.24, 2.45) is 11.8 Å². The molecule has 0 spiro atoms. The molecule has 2 rings (SSSR count). The molecule has 2 fully saturated rings. The van der Waals surface area contributed by atoms with Gasteiger partial charge in [0.2, 0.25) is 11.8 Å². The molecule has 0 aromatic heterocycles. The number of rotatable bonds is 12. The van der Waals surface area contributed by atoms with Gasteiger partial charge in [-0.3, -0.25) is 9.59 Å². The number of amides is 2. The van der Waals surface area contributed by atoms with Crippen LogP contribution in [0.3, 0.4) is 0 Å². The maximum Gasteiger partial charge on any atom is 0.220 e. The summed E-state index contributed by atoms with van der Waals surface area (Å²) in [7, 11) is -3.26. The average Bonchev–Trinajstić information content (AvgIpc) is 3.31. The summed E-state index contributed by atoms with van der Waals surface area (Å²) in [6.45, 7) is 0.308. The zero-order chi connectivity index (χ0) is 19.5. The van der Waals surface area contributed by atoms with Gasteiger partial charge < -0.3 is 10.6 Å². The smallest absolute Gasteiger partial charge is 0.220 e. The van der Waals surface area contributed by atoms with E-state index in [2.05, 4.69) is 10.6 Å². The van der Waals surface area contributed by atoms with Crippen molar-refractivity contribution in [3.05, 3.63) is 0 Å². The number of sulfone groups is 1. The maximum atomic E-state index is 12.0. The molecule has 0 radical (unpaired) electrons. The zero-order valence-electron chi connectivity index (χ0n) is 16.5. The monoisotopic (exact) mass is 400 g/mol. The summed E-state index contributed by atoms with van der Waals surface area (Å²) >= 11 is 0. The van der Waals surface area contributed by atoms with E-state index < -0.39 is 9.84 Å². The Morgan fingerprint density at radius 3 is 1.44 bits per heavy atom. The predicted molar refractivity (Wildman–Crippen MR) is 107 cm³/mol. The van der Waals surface area contributed by atoms with Crippen LogP contribution in [0.1, 0.15) is 77.0 Å². The molecular formula is C20H36N2O4S. The lowest BCUT2D eigenvalue weighted by Gasteiger charge is -2.10. The van der Waals surface area contributed by atoms with Gasteiger partial charge >= 0.3 is 0 Å². The Kier molecular flexibility index (Phi) is 9.59. The first kappa shape index (κ1) is 22.2. The minimum Gasteiger partial charge on any atom is -0.355 e. The third kappa shape index (κ3) is 9.58. The van der Waals surface area contributed by atoms with Gasteiger partial charge in [-0.05, 0) is 24.7 Å². The fourth-order valence-corrected chi connectivity index (χ4v) is 5.27. The fourth-order valence-electron chi connectivity index (χ4n) is 4.24. The van der Waals surface area contributed by atoms with E-state index in [4.69, 9.17) is 0 Å². The van der Waals surface area contributed by atoms with Gasteiger partial charge in [0.25, 0.3) is 0 Å². The highest BCUT2D eigenvalue weighted by Crippen LogP contribution is 2.29. The van der Waals surface area contributed by atoms with Gasteiger partial charge in [-0.1, -0.05) is 51.4 Å². The van der Waals surface area contributed by atoms with Crippen molar-refractivity contribution in [3.8, 4) is 0 Å². The molecule has 0 aromatic rings. The SMILES string of the molecule is O=C(CCC1CCCC1)NCCS(=O)(=O)CCNC(=O)CCC1CCCC1. The lowest BCUT2D eigenvalue weighted by Crippen LogP contribution is -2.33.